The zero-order chi connectivity index (χ0) is 22.4. The van der Waals surface area contributed by atoms with Crippen molar-refractivity contribution in [3.05, 3.63) is 73.8 Å². The molecular weight excluding hydrogens is 410 g/mol. The molecule has 164 valence electrons. The number of hydrogen-bond acceptors (Lipinski definition) is 6. The Bertz CT molecular complexity index is 1470. The first-order chi connectivity index (χ1) is 15.4. The van der Waals surface area contributed by atoms with Gasteiger partial charge in [-0.2, -0.15) is 0 Å². The molecule has 9 nitrogen and oxygen atoms in total. The molecule has 1 fully saturated rings. The minimum Gasteiger partial charge on any atom is -0.420 e. The van der Waals surface area contributed by atoms with Crippen LogP contribution in [-0.4, -0.2) is 36.9 Å². The Kier molecular flexibility index (Phi) is 4.88. The van der Waals surface area contributed by atoms with E-state index in [4.69, 9.17) is 4.42 Å². The van der Waals surface area contributed by atoms with Crippen molar-refractivity contribution in [1.29, 1.82) is 0 Å². The molecule has 0 bridgehead atoms. The fraction of sp³-hybridized carbons (Fsp3) is 0.348. The average molecular weight is 433 g/mol. The van der Waals surface area contributed by atoms with Gasteiger partial charge in [-0.05, 0) is 38.8 Å². The molecule has 0 saturated carbocycles. The monoisotopic (exact) mass is 433 g/mol. The van der Waals surface area contributed by atoms with Gasteiger partial charge in [-0.3, -0.25) is 14.7 Å². The van der Waals surface area contributed by atoms with Gasteiger partial charge in [0, 0.05) is 36.7 Å². The number of benzene rings is 1. The second kappa shape index (κ2) is 7.74. The average Bonchev–Trinajstić information content (AvgIpc) is 3.43. The lowest BCUT2D eigenvalue weighted by atomic mass is 10.1. The van der Waals surface area contributed by atoms with Crippen LogP contribution in [0.2, 0.25) is 0 Å². The third-order valence-corrected chi connectivity index (χ3v) is 6.17. The van der Waals surface area contributed by atoms with E-state index in [-0.39, 0.29) is 36.0 Å². The van der Waals surface area contributed by atoms with E-state index in [1.54, 1.807) is 30.0 Å². The van der Waals surface area contributed by atoms with Gasteiger partial charge in [-0.25, -0.2) is 19.3 Å². The molecule has 1 atom stereocenters. The number of nitrogens with zero attached hydrogens (tertiary/aromatic N) is 4. The van der Waals surface area contributed by atoms with Crippen molar-refractivity contribution >= 4 is 22.7 Å². The van der Waals surface area contributed by atoms with Crippen molar-refractivity contribution in [3.8, 4) is 0 Å². The third-order valence-electron chi connectivity index (χ3n) is 6.17. The second-order valence-corrected chi connectivity index (χ2v) is 8.19. The SMILES string of the molecule is Cc1nc2cc(C3CCCN3C(=O)CCc3nc4ccccc4oc3=O)[nH]n2c(=O)c1C. The summed E-state index contributed by atoms with van der Waals surface area (Å²) >= 11 is 0. The second-order valence-electron chi connectivity index (χ2n) is 8.19. The molecule has 1 amide bonds. The first-order valence-electron chi connectivity index (χ1n) is 10.7. The van der Waals surface area contributed by atoms with Crippen LogP contribution in [0.25, 0.3) is 16.7 Å². The zero-order valence-corrected chi connectivity index (χ0v) is 17.9. The molecule has 0 spiro atoms. The number of para-hydroxylation sites is 2. The maximum atomic E-state index is 13.0. The number of likely N-dealkylation sites (tertiary alicyclic amines) is 1. The molecular formula is C23H23N5O4. The van der Waals surface area contributed by atoms with E-state index in [9.17, 15) is 14.4 Å². The Balaban J connectivity index is 1.37. The Labute approximate surface area is 182 Å². The number of nitrogens with one attached hydrogen (secondary N) is 1. The molecule has 32 heavy (non-hydrogen) atoms. The summed E-state index contributed by atoms with van der Waals surface area (Å²) in [6.45, 7) is 4.19. The lowest BCUT2D eigenvalue weighted by Crippen LogP contribution is -2.31. The molecule has 4 aromatic rings. The van der Waals surface area contributed by atoms with Crippen molar-refractivity contribution in [1.82, 2.24) is 24.5 Å². The zero-order valence-electron chi connectivity index (χ0n) is 17.9. The summed E-state index contributed by atoms with van der Waals surface area (Å²) in [7, 11) is 0. The largest absolute Gasteiger partial charge is 0.420 e. The van der Waals surface area contributed by atoms with Gasteiger partial charge in [0.2, 0.25) is 5.91 Å². The van der Waals surface area contributed by atoms with E-state index >= 15 is 0 Å². The van der Waals surface area contributed by atoms with Gasteiger partial charge in [-0.15, -0.1) is 0 Å². The minimum atomic E-state index is -0.513. The Morgan fingerprint density at radius 1 is 1.22 bits per heavy atom. The number of carbonyl (C=O) groups excluding carboxylic acids is 1. The minimum absolute atomic E-state index is 0.0619. The molecule has 1 saturated heterocycles. The molecule has 5 rings (SSSR count). The lowest BCUT2D eigenvalue weighted by Gasteiger charge is -2.23. The summed E-state index contributed by atoms with van der Waals surface area (Å²) in [5.41, 5.74) is 3.25. The Hall–Kier alpha value is -3.75. The van der Waals surface area contributed by atoms with Crippen LogP contribution in [0.5, 0.6) is 0 Å². The number of aromatic nitrogens is 4. The third kappa shape index (κ3) is 3.39. The Morgan fingerprint density at radius 3 is 2.88 bits per heavy atom. The number of amides is 1. The summed E-state index contributed by atoms with van der Waals surface area (Å²) in [5.74, 6) is -0.0619. The number of aryl methyl sites for hydroxylation is 2. The quantitative estimate of drug-likeness (QED) is 0.529. The summed E-state index contributed by atoms with van der Waals surface area (Å²) in [6.07, 6.45) is 2.02. The highest BCUT2D eigenvalue weighted by Crippen LogP contribution is 2.32. The lowest BCUT2D eigenvalue weighted by molar-refractivity contribution is -0.132. The number of rotatable bonds is 4. The molecule has 9 heteroatoms. The normalized spacial score (nSPS) is 16.3. The van der Waals surface area contributed by atoms with E-state index < -0.39 is 5.63 Å². The number of fused-ring (bicyclic) bond motifs is 2. The highest BCUT2D eigenvalue weighted by molar-refractivity contribution is 5.77. The van der Waals surface area contributed by atoms with Crippen LogP contribution in [0.4, 0.5) is 0 Å². The van der Waals surface area contributed by atoms with Crippen LogP contribution >= 0.6 is 0 Å². The van der Waals surface area contributed by atoms with Crippen molar-refractivity contribution < 1.29 is 9.21 Å². The van der Waals surface area contributed by atoms with Crippen LogP contribution in [0, 0.1) is 13.8 Å². The summed E-state index contributed by atoms with van der Waals surface area (Å²) in [4.78, 5) is 48.5. The first kappa shape index (κ1) is 20.2. The first-order valence-corrected chi connectivity index (χ1v) is 10.7. The highest BCUT2D eigenvalue weighted by atomic mass is 16.4. The number of H-pyrrole nitrogens is 1. The summed E-state index contributed by atoms with van der Waals surface area (Å²) in [5, 5.41) is 3.13. The van der Waals surface area contributed by atoms with Gasteiger partial charge >= 0.3 is 5.63 Å². The molecule has 1 unspecified atom stereocenters. The van der Waals surface area contributed by atoms with E-state index in [1.807, 2.05) is 19.1 Å². The van der Waals surface area contributed by atoms with Crippen molar-refractivity contribution in [3.63, 3.8) is 0 Å². The van der Waals surface area contributed by atoms with E-state index in [2.05, 4.69) is 15.1 Å². The fourth-order valence-corrected chi connectivity index (χ4v) is 4.31. The number of carbonyl (C=O) groups is 1. The smallest absolute Gasteiger partial charge is 0.358 e. The molecule has 4 heterocycles. The van der Waals surface area contributed by atoms with Crippen LogP contribution in [0.3, 0.4) is 0 Å². The molecule has 0 aliphatic carbocycles. The van der Waals surface area contributed by atoms with Crippen molar-refractivity contribution in [2.45, 2.75) is 45.6 Å². The van der Waals surface area contributed by atoms with E-state index in [0.29, 0.717) is 34.5 Å². The van der Waals surface area contributed by atoms with E-state index in [1.165, 1.54) is 4.52 Å². The van der Waals surface area contributed by atoms with Gasteiger partial charge in [-0.1, -0.05) is 12.1 Å². The summed E-state index contributed by atoms with van der Waals surface area (Å²) in [6, 6.07) is 8.74. The molecule has 1 aliphatic rings. The van der Waals surface area contributed by atoms with Crippen LogP contribution in [0.1, 0.15) is 47.9 Å². The number of hydrogen-bond donors (Lipinski definition) is 1. The van der Waals surface area contributed by atoms with Gasteiger partial charge < -0.3 is 9.32 Å². The Morgan fingerprint density at radius 2 is 2.03 bits per heavy atom. The topological polar surface area (TPSA) is 114 Å². The fourth-order valence-electron chi connectivity index (χ4n) is 4.31. The van der Waals surface area contributed by atoms with E-state index in [0.717, 1.165) is 18.5 Å². The van der Waals surface area contributed by atoms with Gasteiger partial charge in [0.1, 0.15) is 11.2 Å². The molecule has 1 aliphatic heterocycles. The molecule has 1 aromatic carbocycles. The molecule has 0 radical (unpaired) electrons. The van der Waals surface area contributed by atoms with Crippen LogP contribution < -0.4 is 11.2 Å². The van der Waals surface area contributed by atoms with Crippen molar-refractivity contribution in [2.75, 3.05) is 6.54 Å². The van der Waals surface area contributed by atoms with Gasteiger partial charge in [0.15, 0.2) is 11.2 Å². The predicted octanol–water partition coefficient (Wildman–Crippen LogP) is 2.44. The van der Waals surface area contributed by atoms with Crippen molar-refractivity contribution in [2.24, 2.45) is 0 Å². The maximum absolute atomic E-state index is 13.0. The number of aromatic amines is 1. The molecule has 3 aromatic heterocycles. The standard InChI is InChI=1S/C23H23N5O4/c1-13-14(2)24-20-12-17(26-28(20)22(13)30)18-7-5-11-27(18)21(29)10-9-16-23(31)32-19-8-4-3-6-15(19)25-16/h3-4,6,8,12,18,26H,5,7,9-11H2,1-2H3. The molecule has 1 N–H and O–H groups in total. The van der Waals surface area contributed by atoms with Crippen LogP contribution in [0.15, 0.2) is 44.3 Å². The maximum Gasteiger partial charge on any atom is 0.358 e. The highest BCUT2D eigenvalue weighted by Gasteiger charge is 2.31. The summed E-state index contributed by atoms with van der Waals surface area (Å²) < 4.78 is 6.75. The predicted molar refractivity (Wildman–Crippen MR) is 118 cm³/mol. The van der Waals surface area contributed by atoms with Gasteiger partial charge in [0.05, 0.1) is 11.7 Å². The van der Waals surface area contributed by atoms with Gasteiger partial charge in [0.25, 0.3) is 5.56 Å². The van der Waals surface area contributed by atoms with Crippen LogP contribution in [-0.2, 0) is 11.2 Å².